The number of likely N-dealkylation sites (tertiary alicyclic amines) is 1. The topological polar surface area (TPSA) is 104 Å². The molecule has 0 aliphatic carbocycles. The predicted molar refractivity (Wildman–Crippen MR) is 55.2 cm³/mol. The van der Waals surface area contributed by atoms with E-state index >= 15 is 0 Å². The van der Waals surface area contributed by atoms with Crippen LogP contribution in [0.5, 0.6) is 0 Å². The van der Waals surface area contributed by atoms with Gasteiger partial charge in [-0.25, -0.2) is 13.1 Å². The van der Waals surface area contributed by atoms with Gasteiger partial charge in [-0.1, -0.05) is 0 Å². The highest BCUT2D eigenvalue weighted by Crippen LogP contribution is 2.06. The summed E-state index contributed by atoms with van der Waals surface area (Å²) in [5.74, 6) is -2.77. The Kier molecular flexibility index (Phi) is 4.25. The van der Waals surface area contributed by atoms with Crippen LogP contribution in [-0.2, 0) is 19.6 Å². The van der Waals surface area contributed by atoms with E-state index in [9.17, 15) is 18.0 Å². The number of carbonyl (C=O) groups excluding carboxylic acids is 1. The van der Waals surface area contributed by atoms with Crippen molar-refractivity contribution in [2.45, 2.75) is 12.8 Å². The summed E-state index contributed by atoms with van der Waals surface area (Å²) in [4.78, 5) is 23.2. The van der Waals surface area contributed by atoms with Crippen LogP contribution >= 0.6 is 0 Å². The lowest BCUT2D eigenvalue weighted by molar-refractivity contribution is -0.134. The van der Waals surface area contributed by atoms with E-state index in [1.165, 1.54) is 0 Å². The molecule has 0 aromatic carbocycles. The zero-order chi connectivity index (χ0) is 12.2. The molecule has 0 saturated carbocycles. The largest absolute Gasteiger partial charge is 0.480 e. The van der Waals surface area contributed by atoms with Gasteiger partial charge in [-0.15, -0.1) is 0 Å². The van der Waals surface area contributed by atoms with E-state index in [1.807, 2.05) is 4.72 Å². The fraction of sp³-hybridized carbons (Fsp3) is 0.750. The predicted octanol–water partition coefficient (Wildman–Crippen LogP) is -1.39. The van der Waals surface area contributed by atoms with Gasteiger partial charge in [0.05, 0.1) is 6.54 Å². The normalized spacial score (nSPS) is 16.4. The van der Waals surface area contributed by atoms with Crippen LogP contribution in [0.3, 0.4) is 0 Å². The minimum Gasteiger partial charge on any atom is -0.480 e. The third-order valence-corrected chi connectivity index (χ3v) is 3.43. The molecule has 0 radical (unpaired) electrons. The first-order valence-corrected chi connectivity index (χ1v) is 6.53. The van der Waals surface area contributed by atoms with Gasteiger partial charge in [0.25, 0.3) is 0 Å². The fourth-order valence-corrected chi connectivity index (χ4v) is 2.23. The number of hydrogen-bond donors (Lipinski definition) is 2. The summed E-state index contributed by atoms with van der Waals surface area (Å²) in [6.45, 7) is 0.911. The van der Waals surface area contributed by atoms with E-state index in [0.29, 0.717) is 13.1 Å². The lowest BCUT2D eigenvalue weighted by atomic mass is 10.4. The highest BCUT2D eigenvalue weighted by Gasteiger charge is 2.21. The Bertz CT molecular complexity index is 372. The smallest absolute Gasteiger partial charge is 0.320 e. The number of amides is 1. The van der Waals surface area contributed by atoms with Crippen molar-refractivity contribution in [2.75, 3.05) is 25.4 Å². The fourth-order valence-electron chi connectivity index (χ4n) is 1.46. The number of nitrogens with zero attached hydrogens (tertiary/aromatic N) is 1. The van der Waals surface area contributed by atoms with E-state index in [-0.39, 0.29) is 12.5 Å². The van der Waals surface area contributed by atoms with Crippen molar-refractivity contribution in [1.82, 2.24) is 9.62 Å². The lowest BCUT2D eigenvalue weighted by Gasteiger charge is -2.15. The summed E-state index contributed by atoms with van der Waals surface area (Å²) < 4.78 is 24.2. The Hall–Kier alpha value is -1.15. The van der Waals surface area contributed by atoms with Crippen LogP contribution in [-0.4, -0.2) is 55.7 Å². The van der Waals surface area contributed by atoms with Gasteiger partial charge in [0.2, 0.25) is 15.9 Å². The average molecular weight is 250 g/mol. The van der Waals surface area contributed by atoms with Crippen LogP contribution in [0.2, 0.25) is 0 Å². The minimum absolute atomic E-state index is 0.313. The molecule has 8 heteroatoms. The summed E-state index contributed by atoms with van der Waals surface area (Å²) >= 11 is 0. The molecule has 1 aliphatic rings. The quantitative estimate of drug-likeness (QED) is 0.625. The molecule has 1 amide bonds. The van der Waals surface area contributed by atoms with Gasteiger partial charge in [0, 0.05) is 13.1 Å². The van der Waals surface area contributed by atoms with Crippen LogP contribution < -0.4 is 4.72 Å². The number of rotatable bonds is 5. The summed E-state index contributed by atoms with van der Waals surface area (Å²) in [5.41, 5.74) is 0. The summed E-state index contributed by atoms with van der Waals surface area (Å²) in [7, 11) is -3.90. The third kappa shape index (κ3) is 4.15. The molecule has 16 heavy (non-hydrogen) atoms. The van der Waals surface area contributed by atoms with Crippen molar-refractivity contribution in [2.24, 2.45) is 0 Å². The van der Waals surface area contributed by atoms with Gasteiger partial charge in [0.15, 0.2) is 5.75 Å². The molecule has 0 bridgehead atoms. The van der Waals surface area contributed by atoms with E-state index in [0.717, 1.165) is 12.8 Å². The molecule has 0 spiro atoms. The lowest BCUT2D eigenvalue weighted by Crippen LogP contribution is -2.40. The van der Waals surface area contributed by atoms with Crippen molar-refractivity contribution in [1.29, 1.82) is 0 Å². The number of sulfonamides is 1. The first-order valence-electron chi connectivity index (χ1n) is 4.87. The Balaban J connectivity index is 2.38. The molecule has 1 saturated heterocycles. The maximum atomic E-state index is 11.4. The van der Waals surface area contributed by atoms with Crippen LogP contribution in [0.25, 0.3) is 0 Å². The van der Waals surface area contributed by atoms with Gasteiger partial charge in [-0.3, -0.25) is 9.59 Å². The number of hydrogen-bond acceptors (Lipinski definition) is 4. The zero-order valence-electron chi connectivity index (χ0n) is 8.68. The first kappa shape index (κ1) is 12.9. The summed E-state index contributed by atoms with van der Waals surface area (Å²) in [6.07, 6.45) is 1.85. The van der Waals surface area contributed by atoms with Gasteiger partial charge in [-0.2, -0.15) is 0 Å². The summed E-state index contributed by atoms with van der Waals surface area (Å²) in [6, 6.07) is 0. The van der Waals surface area contributed by atoms with Gasteiger partial charge >= 0.3 is 5.97 Å². The highest BCUT2D eigenvalue weighted by molar-refractivity contribution is 7.90. The van der Waals surface area contributed by atoms with Crippen LogP contribution in [0.1, 0.15) is 12.8 Å². The first-order chi connectivity index (χ1) is 7.41. The number of carboxylic acid groups (broad SMARTS) is 1. The molecular formula is C8H14N2O5S. The molecule has 2 N–H and O–H groups in total. The maximum Gasteiger partial charge on any atom is 0.320 e. The Morgan fingerprint density at radius 1 is 1.25 bits per heavy atom. The van der Waals surface area contributed by atoms with Crippen LogP contribution in [0.15, 0.2) is 0 Å². The molecule has 92 valence electrons. The van der Waals surface area contributed by atoms with Crippen LogP contribution in [0.4, 0.5) is 0 Å². The average Bonchev–Trinajstić information content (AvgIpc) is 2.64. The molecule has 0 aromatic heterocycles. The molecule has 1 aliphatic heterocycles. The Morgan fingerprint density at radius 3 is 2.31 bits per heavy atom. The third-order valence-electron chi connectivity index (χ3n) is 2.22. The maximum absolute atomic E-state index is 11.4. The number of carbonyl (C=O) groups is 2. The van der Waals surface area contributed by atoms with Crippen LogP contribution in [0, 0.1) is 0 Å². The van der Waals surface area contributed by atoms with E-state index in [1.54, 1.807) is 4.90 Å². The van der Waals surface area contributed by atoms with E-state index in [2.05, 4.69) is 0 Å². The molecule has 0 unspecified atom stereocenters. The van der Waals surface area contributed by atoms with Crippen molar-refractivity contribution in [3.05, 3.63) is 0 Å². The van der Waals surface area contributed by atoms with Crippen molar-refractivity contribution in [3.63, 3.8) is 0 Å². The molecule has 1 rings (SSSR count). The van der Waals surface area contributed by atoms with Gasteiger partial charge in [0.1, 0.15) is 0 Å². The second-order valence-corrected chi connectivity index (χ2v) is 5.37. The molecule has 7 nitrogen and oxygen atoms in total. The molecule has 0 aromatic rings. The zero-order valence-corrected chi connectivity index (χ0v) is 9.49. The Morgan fingerprint density at radius 2 is 1.81 bits per heavy atom. The second kappa shape index (κ2) is 5.26. The van der Waals surface area contributed by atoms with E-state index < -0.39 is 21.7 Å². The minimum atomic E-state index is -3.90. The van der Waals surface area contributed by atoms with Gasteiger partial charge < -0.3 is 10.0 Å². The monoisotopic (exact) mass is 250 g/mol. The second-order valence-electron chi connectivity index (χ2n) is 3.56. The molecular weight excluding hydrogens is 236 g/mol. The SMILES string of the molecule is O=C(O)CS(=O)(=O)NCC(=O)N1CCCC1. The van der Waals surface area contributed by atoms with E-state index in [4.69, 9.17) is 5.11 Å². The molecule has 1 fully saturated rings. The summed E-state index contributed by atoms with van der Waals surface area (Å²) in [5, 5.41) is 8.31. The van der Waals surface area contributed by atoms with Crippen molar-refractivity contribution < 1.29 is 23.1 Å². The Labute approximate surface area is 93.5 Å². The highest BCUT2D eigenvalue weighted by atomic mass is 32.2. The number of aliphatic carboxylic acids is 1. The molecule has 1 heterocycles. The standard InChI is InChI=1S/C8H14N2O5S/c11-7(10-3-1-2-4-10)5-9-16(14,15)6-8(12)13/h9H,1-6H2,(H,12,13). The van der Waals surface area contributed by atoms with Crippen molar-refractivity contribution in [3.8, 4) is 0 Å². The van der Waals surface area contributed by atoms with Crippen molar-refractivity contribution >= 4 is 21.9 Å². The number of nitrogens with one attached hydrogen (secondary N) is 1. The van der Waals surface area contributed by atoms with Gasteiger partial charge in [-0.05, 0) is 12.8 Å². The number of carboxylic acids is 1. The molecule has 0 atom stereocenters.